The minimum absolute atomic E-state index is 0.226. The summed E-state index contributed by atoms with van der Waals surface area (Å²) in [6.45, 7) is 0. The van der Waals surface area contributed by atoms with Crippen molar-refractivity contribution in [1.29, 1.82) is 10.5 Å². The standard InChI is InChI=1S/C17H12Cl2N2/c18-15-7-4-8-16(19)17(15)14(11-21)13(9-10-20)12-5-2-1-3-6-12/h1-8,13-14H,9H2/t13-,14-/m1/s1. The number of benzene rings is 2. The van der Waals surface area contributed by atoms with Crippen LogP contribution in [0.4, 0.5) is 0 Å². The highest BCUT2D eigenvalue weighted by Gasteiger charge is 2.28. The van der Waals surface area contributed by atoms with E-state index in [1.54, 1.807) is 18.2 Å². The third-order valence-corrected chi connectivity index (χ3v) is 4.05. The highest BCUT2D eigenvalue weighted by atomic mass is 35.5. The molecule has 0 saturated heterocycles. The van der Waals surface area contributed by atoms with Gasteiger partial charge in [-0.3, -0.25) is 0 Å². The van der Waals surface area contributed by atoms with Gasteiger partial charge >= 0.3 is 0 Å². The zero-order valence-electron chi connectivity index (χ0n) is 11.1. The molecule has 0 aromatic heterocycles. The van der Waals surface area contributed by atoms with Crippen LogP contribution < -0.4 is 0 Å². The molecule has 0 aliphatic rings. The molecule has 0 spiro atoms. The lowest BCUT2D eigenvalue weighted by Gasteiger charge is -2.22. The van der Waals surface area contributed by atoms with Gasteiger partial charge in [-0.25, -0.2) is 0 Å². The van der Waals surface area contributed by atoms with Crippen LogP contribution in [0, 0.1) is 22.7 Å². The summed E-state index contributed by atoms with van der Waals surface area (Å²) in [5, 5.41) is 19.6. The summed E-state index contributed by atoms with van der Waals surface area (Å²) in [6, 6.07) is 19.1. The van der Waals surface area contributed by atoms with Gasteiger partial charge in [-0.15, -0.1) is 0 Å². The molecule has 2 nitrogen and oxygen atoms in total. The van der Waals surface area contributed by atoms with Crippen molar-refractivity contribution >= 4 is 23.2 Å². The second kappa shape index (κ2) is 7.14. The van der Waals surface area contributed by atoms with E-state index in [2.05, 4.69) is 12.1 Å². The fraction of sp³-hybridized carbons (Fsp3) is 0.176. The SMILES string of the molecule is N#CC[C@H](c1ccccc1)[C@@H](C#N)c1c(Cl)cccc1Cl. The largest absolute Gasteiger partial charge is 0.198 e. The molecule has 0 heterocycles. The summed E-state index contributed by atoms with van der Waals surface area (Å²) < 4.78 is 0. The molecule has 0 bridgehead atoms. The Kier molecular flexibility index (Phi) is 5.23. The van der Waals surface area contributed by atoms with Gasteiger partial charge in [-0.1, -0.05) is 59.6 Å². The normalized spacial score (nSPS) is 13.0. The minimum atomic E-state index is -0.562. The third-order valence-electron chi connectivity index (χ3n) is 3.39. The van der Waals surface area contributed by atoms with Crippen LogP contribution in [-0.4, -0.2) is 0 Å². The van der Waals surface area contributed by atoms with E-state index < -0.39 is 5.92 Å². The molecule has 0 radical (unpaired) electrons. The van der Waals surface area contributed by atoms with Gasteiger partial charge in [0.1, 0.15) is 0 Å². The van der Waals surface area contributed by atoms with Gasteiger partial charge in [0, 0.05) is 27.9 Å². The van der Waals surface area contributed by atoms with Crippen LogP contribution in [0.1, 0.15) is 29.4 Å². The van der Waals surface area contributed by atoms with Gasteiger partial charge in [0.25, 0.3) is 0 Å². The van der Waals surface area contributed by atoms with E-state index in [9.17, 15) is 5.26 Å². The van der Waals surface area contributed by atoms with Crippen molar-refractivity contribution in [2.24, 2.45) is 0 Å². The summed E-state index contributed by atoms with van der Waals surface area (Å²) >= 11 is 12.4. The first-order valence-corrected chi connectivity index (χ1v) is 7.20. The lowest BCUT2D eigenvalue weighted by Crippen LogP contribution is -2.11. The average molecular weight is 315 g/mol. The van der Waals surface area contributed by atoms with Crippen molar-refractivity contribution in [3.8, 4) is 12.1 Å². The predicted molar refractivity (Wildman–Crippen MR) is 84.2 cm³/mol. The molecule has 2 aromatic rings. The highest BCUT2D eigenvalue weighted by molar-refractivity contribution is 6.36. The Morgan fingerprint density at radius 2 is 1.52 bits per heavy atom. The van der Waals surface area contributed by atoms with E-state index in [1.807, 2.05) is 30.3 Å². The topological polar surface area (TPSA) is 47.6 Å². The maximum atomic E-state index is 9.61. The summed E-state index contributed by atoms with van der Waals surface area (Å²) in [7, 11) is 0. The summed E-state index contributed by atoms with van der Waals surface area (Å²) in [4.78, 5) is 0. The molecule has 0 amide bonds. The van der Waals surface area contributed by atoms with Gasteiger partial charge in [0.15, 0.2) is 0 Å². The zero-order valence-corrected chi connectivity index (χ0v) is 12.6. The summed E-state index contributed by atoms with van der Waals surface area (Å²) in [5.41, 5.74) is 1.52. The minimum Gasteiger partial charge on any atom is -0.198 e. The molecule has 2 atom stereocenters. The second-order valence-electron chi connectivity index (χ2n) is 4.62. The number of halogens is 2. The van der Waals surface area contributed by atoms with Crippen molar-refractivity contribution in [1.82, 2.24) is 0 Å². The van der Waals surface area contributed by atoms with E-state index in [4.69, 9.17) is 28.5 Å². The third kappa shape index (κ3) is 3.37. The molecule has 2 rings (SSSR count). The molecule has 104 valence electrons. The zero-order chi connectivity index (χ0) is 15.2. The Morgan fingerprint density at radius 3 is 2.05 bits per heavy atom. The first kappa shape index (κ1) is 15.4. The molecule has 21 heavy (non-hydrogen) atoms. The fourth-order valence-electron chi connectivity index (χ4n) is 2.39. The highest BCUT2D eigenvalue weighted by Crippen LogP contribution is 2.41. The molecule has 0 saturated carbocycles. The monoisotopic (exact) mass is 314 g/mol. The lowest BCUT2D eigenvalue weighted by molar-refractivity contribution is 0.641. The first-order valence-electron chi connectivity index (χ1n) is 6.44. The lowest BCUT2D eigenvalue weighted by atomic mass is 9.80. The molecule has 4 heteroatoms. The van der Waals surface area contributed by atoms with Gasteiger partial charge < -0.3 is 0 Å². The average Bonchev–Trinajstić information content (AvgIpc) is 2.50. The fourth-order valence-corrected chi connectivity index (χ4v) is 3.02. The van der Waals surface area contributed by atoms with Gasteiger partial charge in [0.2, 0.25) is 0 Å². The van der Waals surface area contributed by atoms with Crippen molar-refractivity contribution in [2.75, 3.05) is 0 Å². The maximum absolute atomic E-state index is 9.61. The number of rotatable bonds is 4. The Morgan fingerprint density at radius 1 is 0.905 bits per heavy atom. The molecule has 0 N–H and O–H groups in total. The van der Waals surface area contributed by atoms with E-state index >= 15 is 0 Å². The number of nitriles is 2. The summed E-state index contributed by atoms with van der Waals surface area (Å²) in [5.74, 6) is -0.827. The van der Waals surface area contributed by atoms with E-state index in [0.717, 1.165) is 5.56 Å². The van der Waals surface area contributed by atoms with Crippen molar-refractivity contribution < 1.29 is 0 Å². The van der Waals surface area contributed by atoms with Gasteiger partial charge in [0.05, 0.1) is 18.1 Å². The molecular weight excluding hydrogens is 303 g/mol. The van der Waals surface area contributed by atoms with Crippen molar-refractivity contribution in [2.45, 2.75) is 18.3 Å². The Hall–Kier alpha value is -2.00. The molecule has 0 unspecified atom stereocenters. The Balaban J connectivity index is 2.52. The van der Waals surface area contributed by atoms with Crippen molar-refractivity contribution in [3.63, 3.8) is 0 Å². The van der Waals surface area contributed by atoms with Crippen LogP contribution in [0.5, 0.6) is 0 Å². The van der Waals surface area contributed by atoms with E-state index in [-0.39, 0.29) is 12.3 Å². The molecule has 0 fully saturated rings. The van der Waals surface area contributed by atoms with E-state index in [0.29, 0.717) is 15.6 Å². The van der Waals surface area contributed by atoms with Crippen molar-refractivity contribution in [3.05, 3.63) is 69.7 Å². The van der Waals surface area contributed by atoms with Crippen LogP contribution in [0.25, 0.3) is 0 Å². The van der Waals surface area contributed by atoms with Crippen LogP contribution in [0.2, 0.25) is 10.0 Å². The molecule has 2 aromatic carbocycles. The van der Waals surface area contributed by atoms with Gasteiger partial charge in [-0.05, 0) is 17.7 Å². The Bertz CT molecular complexity index is 679. The first-order chi connectivity index (χ1) is 10.2. The molecule has 0 aliphatic heterocycles. The van der Waals surface area contributed by atoms with E-state index in [1.165, 1.54) is 0 Å². The molecular formula is C17H12Cl2N2. The number of nitrogens with zero attached hydrogens (tertiary/aromatic N) is 2. The summed E-state index contributed by atoms with van der Waals surface area (Å²) in [6.07, 6.45) is 0.226. The molecule has 0 aliphatic carbocycles. The Labute approximate surface area is 134 Å². The smallest absolute Gasteiger partial charge is 0.0820 e. The number of hydrogen-bond acceptors (Lipinski definition) is 2. The second-order valence-corrected chi connectivity index (χ2v) is 5.44. The maximum Gasteiger partial charge on any atom is 0.0820 e. The predicted octanol–water partition coefficient (Wildman–Crippen LogP) is 5.30. The van der Waals surface area contributed by atoms with Gasteiger partial charge in [-0.2, -0.15) is 10.5 Å². The number of hydrogen-bond donors (Lipinski definition) is 0. The van der Waals surface area contributed by atoms with Crippen LogP contribution >= 0.6 is 23.2 Å². The van der Waals surface area contributed by atoms with Crippen LogP contribution in [0.3, 0.4) is 0 Å². The van der Waals surface area contributed by atoms with Crippen LogP contribution in [0.15, 0.2) is 48.5 Å². The quantitative estimate of drug-likeness (QED) is 0.769. The van der Waals surface area contributed by atoms with Crippen LogP contribution in [-0.2, 0) is 0 Å².